The molecule has 0 aliphatic carbocycles. The number of piperidine rings is 1. The van der Waals surface area contributed by atoms with Gasteiger partial charge >= 0.3 is 0 Å². The van der Waals surface area contributed by atoms with Crippen molar-refractivity contribution in [3.8, 4) is 0 Å². The minimum Gasteiger partial charge on any atom is -0.369 e. The van der Waals surface area contributed by atoms with E-state index in [0.717, 1.165) is 37.3 Å². The number of fused-ring (bicyclic) bond motifs is 1. The van der Waals surface area contributed by atoms with Gasteiger partial charge in [0, 0.05) is 25.7 Å². The van der Waals surface area contributed by atoms with Crippen molar-refractivity contribution in [2.75, 3.05) is 32.7 Å². The third-order valence-corrected chi connectivity index (χ3v) is 6.68. The number of piperazine rings is 1. The highest BCUT2D eigenvalue weighted by Gasteiger charge is 2.41. The molecule has 1 atom stereocenters. The highest BCUT2D eigenvalue weighted by molar-refractivity contribution is 5.90. The standard InChI is InChI=1S/C24H31N3O/c25-23(28)24(20-9-3-1-4-10-20,21-11-5-2-6-12-21)14-16-26-17-18-27-15-8-7-13-22(27)19-26/h1-6,9-12,22H,7-8,13-19H2,(H2,25,28). The van der Waals surface area contributed by atoms with E-state index in [9.17, 15) is 4.79 Å². The van der Waals surface area contributed by atoms with Gasteiger partial charge in [0.15, 0.2) is 0 Å². The first-order valence-electron chi connectivity index (χ1n) is 10.6. The Morgan fingerprint density at radius 2 is 1.57 bits per heavy atom. The minimum atomic E-state index is -0.785. The molecule has 0 saturated carbocycles. The predicted octanol–water partition coefficient (Wildman–Crippen LogP) is 3.02. The molecule has 0 spiro atoms. The highest BCUT2D eigenvalue weighted by Crippen LogP contribution is 2.36. The van der Waals surface area contributed by atoms with E-state index < -0.39 is 5.41 Å². The van der Waals surface area contributed by atoms with E-state index >= 15 is 0 Å². The Morgan fingerprint density at radius 3 is 2.18 bits per heavy atom. The van der Waals surface area contributed by atoms with Gasteiger partial charge in [-0.1, -0.05) is 67.1 Å². The molecule has 4 heteroatoms. The fourth-order valence-corrected chi connectivity index (χ4v) is 5.06. The molecule has 2 aromatic rings. The number of nitrogens with zero attached hydrogens (tertiary/aromatic N) is 2. The Hall–Kier alpha value is -2.17. The second-order valence-corrected chi connectivity index (χ2v) is 8.24. The van der Waals surface area contributed by atoms with Gasteiger partial charge in [-0.05, 0) is 43.5 Å². The number of hydrogen-bond donors (Lipinski definition) is 1. The van der Waals surface area contributed by atoms with Crippen LogP contribution in [0.3, 0.4) is 0 Å². The van der Waals surface area contributed by atoms with Gasteiger partial charge in [-0.3, -0.25) is 9.69 Å². The van der Waals surface area contributed by atoms with Gasteiger partial charge in [-0.25, -0.2) is 0 Å². The monoisotopic (exact) mass is 377 g/mol. The molecule has 2 N–H and O–H groups in total. The van der Waals surface area contributed by atoms with E-state index in [0.29, 0.717) is 12.5 Å². The lowest BCUT2D eigenvalue weighted by Gasteiger charge is -2.45. The Morgan fingerprint density at radius 1 is 0.929 bits per heavy atom. The van der Waals surface area contributed by atoms with Crippen molar-refractivity contribution in [1.29, 1.82) is 0 Å². The smallest absolute Gasteiger partial charge is 0.232 e. The summed E-state index contributed by atoms with van der Waals surface area (Å²) in [6.07, 6.45) is 4.69. The first-order valence-corrected chi connectivity index (χ1v) is 10.6. The largest absolute Gasteiger partial charge is 0.369 e. The van der Waals surface area contributed by atoms with Crippen LogP contribution < -0.4 is 5.73 Å². The van der Waals surface area contributed by atoms with Crippen molar-refractivity contribution < 1.29 is 4.79 Å². The zero-order chi connectivity index (χ0) is 19.4. The Labute approximate surface area is 168 Å². The summed E-state index contributed by atoms with van der Waals surface area (Å²) < 4.78 is 0. The van der Waals surface area contributed by atoms with E-state index in [4.69, 9.17) is 5.73 Å². The average molecular weight is 378 g/mol. The highest BCUT2D eigenvalue weighted by atomic mass is 16.1. The summed E-state index contributed by atoms with van der Waals surface area (Å²) >= 11 is 0. The fraction of sp³-hybridized carbons (Fsp3) is 0.458. The van der Waals surface area contributed by atoms with Crippen LogP contribution in [0.25, 0.3) is 0 Å². The fourth-order valence-electron chi connectivity index (χ4n) is 5.06. The summed E-state index contributed by atoms with van der Waals surface area (Å²) in [6.45, 7) is 5.47. The third kappa shape index (κ3) is 3.71. The molecule has 0 aromatic heterocycles. The van der Waals surface area contributed by atoms with Crippen molar-refractivity contribution in [2.24, 2.45) is 5.73 Å². The van der Waals surface area contributed by atoms with E-state index in [1.807, 2.05) is 60.7 Å². The second kappa shape index (κ2) is 8.46. The van der Waals surface area contributed by atoms with Crippen LogP contribution in [0.4, 0.5) is 0 Å². The lowest BCUT2D eigenvalue weighted by Crippen LogP contribution is -2.55. The van der Waals surface area contributed by atoms with Crippen LogP contribution in [0.2, 0.25) is 0 Å². The molecule has 148 valence electrons. The minimum absolute atomic E-state index is 0.263. The van der Waals surface area contributed by atoms with Crippen LogP contribution in [0.15, 0.2) is 60.7 Å². The lowest BCUT2D eigenvalue weighted by atomic mass is 9.71. The Kier molecular flexibility index (Phi) is 5.79. The van der Waals surface area contributed by atoms with Crippen LogP contribution in [-0.2, 0) is 10.2 Å². The molecular formula is C24H31N3O. The summed E-state index contributed by atoms with van der Waals surface area (Å²) in [7, 11) is 0. The second-order valence-electron chi connectivity index (χ2n) is 8.24. The molecule has 1 unspecified atom stereocenters. The molecule has 0 bridgehead atoms. The zero-order valence-corrected chi connectivity index (χ0v) is 16.6. The molecule has 1 amide bonds. The summed E-state index contributed by atoms with van der Waals surface area (Å²) in [4.78, 5) is 18.1. The van der Waals surface area contributed by atoms with E-state index in [-0.39, 0.29) is 5.91 Å². The molecule has 2 aromatic carbocycles. The number of nitrogens with two attached hydrogens (primary N) is 1. The average Bonchev–Trinajstić information content (AvgIpc) is 2.75. The molecule has 28 heavy (non-hydrogen) atoms. The van der Waals surface area contributed by atoms with Crippen molar-refractivity contribution >= 4 is 5.91 Å². The van der Waals surface area contributed by atoms with E-state index in [1.165, 1.54) is 25.8 Å². The Bertz CT molecular complexity index is 737. The van der Waals surface area contributed by atoms with Crippen LogP contribution in [0, 0.1) is 0 Å². The number of carbonyl (C=O) groups excluding carboxylic acids is 1. The number of rotatable bonds is 6. The molecule has 2 heterocycles. The summed E-state index contributed by atoms with van der Waals surface area (Å²) in [5.41, 5.74) is 7.29. The first kappa shape index (κ1) is 19.2. The Balaban J connectivity index is 1.59. The lowest BCUT2D eigenvalue weighted by molar-refractivity contribution is -0.122. The van der Waals surface area contributed by atoms with Crippen molar-refractivity contribution in [2.45, 2.75) is 37.1 Å². The molecule has 0 radical (unpaired) electrons. The maximum Gasteiger partial charge on any atom is 0.232 e. The zero-order valence-electron chi connectivity index (χ0n) is 16.6. The maximum atomic E-state index is 12.9. The number of benzene rings is 2. The van der Waals surface area contributed by atoms with Crippen LogP contribution in [0.1, 0.15) is 36.8 Å². The van der Waals surface area contributed by atoms with Gasteiger partial charge in [0.1, 0.15) is 0 Å². The topological polar surface area (TPSA) is 49.6 Å². The molecule has 2 aliphatic heterocycles. The maximum absolute atomic E-state index is 12.9. The van der Waals surface area contributed by atoms with Crippen LogP contribution in [0.5, 0.6) is 0 Å². The van der Waals surface area contributed by atoms with Gasteiger partial charge in [-0.2, -0.15) is 0 Å². The van der Waals surface area contributed by atoms with Gasteiger partial charge in [0.2, 0.25) is 5.91 Å². The molecule has 2 aliphatic rings. The van der Waals surface area contributed by atoms with Gasteiger partial charge in [0.25, 0.3) is 0 Å². The third-order valence-electron chi connectivity index (χ3n) is 6.68. The molecule has 4 nitrogen and oxygen atoms in total. The van der Waals surface area contributed by atoms with Gasteiger partial charge in [-0.15, -0.1) is 0 Å². The van der Waals surface area contributed by atoms with Crippen LogP contribution >= 0.6 is 0 Å². The normalized spacial score (nSPS) is 21.2. The van der Waals surface area contributed by atoms with Crippen molar-refractivity contribution in [3.05, 3.63) is 71.8 Å². The predicted molar refractivity (Wildman–Crippen MR) is 113 cm³/mol. The molecule has 4 rings (SSSR count). The van der Waals surface area contributed by atoms with E-state index in [1.54, 1.807) is 0 Å². The van der Waals surface area contributed by atoms with Gasteiger partial charge < -0.3 is 10.6 Å². The molecule has 2 saturated heterocycles. The molecular weight excluding hydrogens is 346 g/mol. The summed E-state index contributed by atoms with van der Waals surface area (Å²) in [5.74, 6) is -0.263. The number of primary amides is 1. The molecule has 2 fully saturated rings. The first-order chi connectivity index (χ1) is 13.7. The summed E-state index contributed by atoms with van der Waals surface area (Å²) in [5, 5.41) is 0. The summed E-state index contributed by atoms with van der Waals surface area (Å²) in [6, 6.07) is 20.8. The number of carbonyl (C=O) groups is 1. The van der Waals surface area contributed by atoms with E-state index in [2.05, 4.69) is 9.80 Å². The number of amides is 1. The number of hydrogen-bond acceptors (Lipinski definition) is 3. The van der Waals surface area contributed by atoms with Crippen molar-refractivity contribution in [1.82, 2.24) is 9.80 Å². The SMILES string of the molecule is NC(=O)C(CCN1CCN2CCCCC2C1)(c1ccccc1)c1ccccc1. The quantitative estimate of drug-likeness (QED) is 0.842. The van der Waals surface area contributed by atoms with Gasteiger partial charge in [0.05, 0.1) is 5.41 Å². The van der Waals surface area contributed by atoms with Crippen LogP contribution in [-0.4, -0.2) is 54.5 Å². The van der Waals surface area contributed by atoms with Crippen molar-refractivity contribution in [3.63, 3.8) is 0 Å².